The zero-order valence-corrected chi connectivity index (χ0v) is 11.3. The van der Waals surface area contributed by atoms with Crippen molar-refractivity contribution < 1.29 is 0 Å². The third kappa shape index (κ3) is 2.30. The molecule has 2 aromatic rings. The lowest BCUT2D eigenvalue weighted by molar-refractivity contribution is 0.657. The number of nitrogens with one attached hydrogen (secondary N) is 1. The van der Waals surface area contributed by atoms with E-state index in [9.17, 15) is 0 Å². The van der Waals surface area contributed by atoms with Gasteiger partial charge in [-0.15, -0.1) is 10.2 Å². The number of anilines is 1. The van der Waals surface area contributed by atoms with E-state index in [1.807, 2.05) is 11.6 Å². The van der Waals surface area contributed by atoms with E-state index >= 15 is 0 Å². The van der Waals surface area contributed by atoms with Crippen molar-refractivity contribution in [3.8, 4) is 0 Å². The van der Waals surface area contributed by atoms with Crippen LogP contribution < -0.4 is 5.32 Å². The van der Waals surface area contributed by atoms with Crippen LogP contribution in [0.1, 0.15) is 42.9 Å². The van der Waals surface area contributed by atoms with Crippen LogP contribution in [0, 0.1) is 0 Å². The summed E-state index contributed by atoms with van der Waals surface area (Å²) >= 11 is 0. The van der Waals surface area contributed by atoms with Gasteiger partial charge >= 0.3 is 0 Å². The number of nitrogens with zero attached hydrogens (tertiary/aromatic N) is 5. The van der Waals surface area contributed by atoms with Crippen LogP contribution in [0.25, 0.3) is 0 Å². The first-order valence-corrected chi connectivity index (χ1v) is 6.69. The van der Waals surface area contributed by atoms with Gasteiger partial charge in [-0.25, -0.2) is 9.97 Å². The molecule has 0 aliphatic heterocycles. The summed E-state index contributed by atoms with van der Waals surface area (Å²) in [6.07, 6.45) is 7.92. The monoisotopic (exact) mass is 258 g/mol. The lowest BCUT2D eigenvalue weighted by Gasteiger charge is -2.20. The van der Waals surface area contributed by atoms with Gasteiger partial charge in [0.05, 0.1) is 6.04 Å². The highest BCUT2D eigenvalue weighted by atomic mass is 15.3. The smallest absolute Gasteiger partial charge is 0.154 e. The van der Waals surface area contributed by atoms with Crippen LogP contribution in [0.15, 0.2) is 12.7 Å². The van der Waals surface area contributed by atoms with Crippen molar-refractivity contribution in [2.75, 3.05) is 5.32 Å². The maximum atomic E-state index is 4.39. The third-order valence-electron chi connectivity index (χ3n) is 3.61. The Morgan fingerprint density at radius 3 is 2.89 bits per heavy atom. The van der Waals surface area contributed by atoms with Crippen molar-refractivity contribution in [3.05, 3.63) is 29.7 Å². The van der Waals surface area contributed by atoms with Crippen LogP contribution in [-0.2, 0) is 19.9 Å². The maximum absolute atomic E-state index is 4.39. The van der Waals surface area contributed by atoms with E-state index < -0.39 is 0 Å². The minimum Gasteiger partial charge on any atom is -0.360 e. The predicted octanol–water partition coefficient (Wildman–Crippen LogP) is 1.66. The molecule has 0 radical (unpaired) electrons. The van der Waals surface area contributed by atoms with Crippen LogP contribution in [-0.4, -0.2) is 24.7 Å². The normalized spacial score (nSPS) is 15.9. The van der Waals surface area contributed by atoms with Gasteiger partial charge in [0, 0.05) is 18.3 Å². The average molecular weight is 258 g/mol. The second-order valence-electron chi connectivity index (χ2n) is 5.02. The molecule has 0 amide bonds. The molecule has 6 heteroatoms. The lowest BCUT2D eigenvalue weighted by atomic mass is 9.96. The van der Waals surface area contributed by atoms with E-state index in [1.165, 1.54) is 24.1 Å². The second kappa shape index (κ2) is 4.95. The van der Waals surface area contributed by atoms with Gasteiger partial charge in [-0.05, 0) is 32.6 Å². The van der Waals surface area contributed by atoms with E-state index in [2.05, 4.69) is 32.4 Å². The van der Waals surface area contributed by atoms with Crippen LogP contribution in [0.4, 0.5) is 5.82 Å². The highest BCUT2D eigenvalue weighted by Crippen LogP contribution is 2.26. The summed E-state index contributed by atoms with van der Waals surface area (Å²) in [5.41, 5.74) is 2.46. The molecule has 0 spiro atoms. The molecule has 19 heavy (non-hydrogen) atoms. The van der Waals surface area contributed by atoms with Crippen molar-refractivity contribution in [1.82, 2.24) is 24.7 Å². The zero-order chi connectivity index (χ0) is 13.2. The summed E-state index contributed by atoms with van der Waals surface area (Å²) in [4.78, 5) is 8.78. The molecule has 1 atom stereocenters. The Bertz CT molecular complexity index is 576. The molecule has 0 saturated carbocycles. The second-order valence-corrected chi connectivity index (χ2v) is 5.02. The van der Waals surface area contributed by atoms with Gasteiger partial charge in [-0.1, -0.05) is 0 Å². The molecule has 6 nitrogen and oxygen atoms in total. The van der Waals surface area contributed by atoms with Crippen LogP contribution in [0.3, 0.4) is 0 Å². The Labute approximate surface area is 112 Å². The van der Waals surface area contributed by atoms with E-state index in [-0.39, 0.29) is 6.04 Å². The van der Waals surface area contributed by atoms with E-state index in [0.717, 1.165) is 24.5 Å². The first-order valence-electron chi connectivity index (χ1n) is 6.69. The highest BCUT2D eigenvalue weighted by molar-refractivity contribution is 5.48. The van der Waals surface area contributed by atoms with Crippen molar-refractivity contribution in [1.29, 1.82) is 0 Å². The number of aryl methyl sites for hydroxylation is 2. The highest BCUT2D eigenvalue weighted by Gasteiger charge is 2.18. The molecule has 0 aromatic carbocycles. The molecule has 0 bridgehead atoms. The maximum Gasteiger partial charge on any atom is 0.154 e. The number of fused-ring (bicyclic) bond motifs is 1. The number of hydrogen-bond donors (Lipinski definition) is 1. The summed E-state index contributed by atoms with van der Waals surface area (Å²) in [6, 6.07) is 0.0772. The van der Waals surface area contributed by atoms with Gasteiger partial charge in [0.25, 0.3) is 0 Å². The fraction of sp³-hybridized carbons (Fsp3) is 0.538. The first kappa shape index (κ1) is 12.1. The molecular formula is C13H18N6. The van der Waals surface area contributed by atoms with Gasteiger partial charge in [0.1, 0.15) is 18.5 Å². The fourth-order valence-corrected chi connectivity index (χ4v) is 2.60. The van der Waals surface area contributed by atoms with Gasteiger partial charge in [-0.3, -0.25) is 0 Å². The van der Waals surface area contributed by atoms with Crippen molar-refractivity contribution in [2.45, 2.75) is 38.6 Å². The van der Waals surface area contributed by atoms with E-state index in [4.69, 9.17) is 0 Å². The Balaban J connectivity index is 1.86. The summed E-state index contributed by atoms with van der Waals surface area (Å²) in [5, 5.41) is 11.5. The molecule has 0 saturated heterocycles. The van der Waals surface area contributed by atoms with Crippen LogP contribution >= 0.6 is 0 Å². The van der Waals surface area contributed by atoms with Gasteiger partial charge in [-0.2, -0.15) is 0 Å². The van der Waals surface area contributed by atoms with Crippen LogP contribution in [0.5, 0.6) is 0 Å². The van der Waals surface area contributed by atoms with E-state index in [0.29, 0.717) is 0 Å². The zero-order valence-electron chi connectivity index (χ0n) is 11.3. The van der Waals surface area contributed by atoms with Gasteiger partial charge in [0.2, 0.25) is 0 Å². The Morgan fingerprint density at radius 2 is 2.11 bits per heavy atom. The van der Waals surface area contributed by atoms with Crippen LogP contribution in [0.2, 0.25) is 0 Å². The van der Waals surface area contributed by atoms with Crippen molar-refractivity contribution >= 4 is 5.82 Å². The minimum absolute atomic E-state index is 0.0772. The topological polar surface area (TPSA) is 68.5 Å². The Morgan fingerprint density at radius 1 is 1.26 bits per heavy atom. The number of hydrogen-bond acceptors (Lipinski definition) is 5. The molecule has 1 N–H and O–H groups in total. The standard InChI is InChI=1S/C13H18N6/c1-9(13-18-16-8-19(13)2)17-12-10-5-3-4-6-11(10)14-7-15-12/h7-9H,3-6H2,1-2H3,(H,14,15,17). The number of rotatable bonds is 3. The van der Waals surface area contributed by atoms with Crippen molar-refractivity contribution in [2.24, 2.45) is 7.05 Å². The van der Waals surface area contributed by atoms with Gasteiger partial charge < -0.3 is 9.88 Å². The SMILES string of the molecule is CC(Nc1ncnc2c1CCCC2)c1nncn1C. The molecule has 2 heterocycles. The first-order chi connectivity index (χ1) is 9.25. The Kier molecular flexibility index (Phi) is 3.15. The summed E-state index contributed by atoms with van der Waals surface area (Å²) in [6.45, 7) is 2.07. The lowest BCUT2D eigenvalue weighted by Crippen LogP contribution is -2.16. The largest absolute Gasteiger partial charge is 0.360 e. The minimum atomic E-state index is 0.0772. The van der Waals surface area contributed by atoms with E-state index in [1.54, 1.807) is 12.7 Å². The summed E-state index contributed by atoms with van der Waals surface area (Å²) in [5.74, 6) is 1.85. The number of aromatic nitrogens is 5. The molecular weight excluding hydrogens is 240 g/mol. The van der Waals surface area contributed by atoms with Gasteiger partial charge in [0.15, 0.2) is 5.82 Å². The predicted molar refractivity (Wildman–Crippen MR) is 71.7 cm³/mol. The molecule has 100 valence electrons. The third-order valence-corrected chi connectivity index (χ3v) is 3.61. The molecule has 1 unspecified atom stereocenters. The quantitative estimate of drug-likeness (QED) is 0.906. The molecule has 3 rings (SSSR count). The fourth-order valence-electron chi connectivity index (χ4n) is 2.60. The molecule has 1 aliphatic carbocycles. The summed E-state index contributed by atoms with van der Waals surface area (Å²) < 4.78 is 1.92. The molecule has 0 fully saturated rings. The molecule has 1 aliphatic rings. The summed E-state index contributed by atoms with van der Waals surface area (Å²) in [7, 11) is 1.95. The average Bonchev–Trinajstić information content (AvgIpc) is 2.85. The molecule has 2 aromatic heterocycles. The Hall–Kier alpha value is -1.98. The van der Waals surface area contributed by atoms with Crippen molar-refractivity contribution in [3.63, 3.8) is 0 Å².